The molecular weight excluding hydrogens is 308 g/mol. The van der Waals surface area contributed by atoms with E-state index < -0.39 is 0 Å². The third-order valence-corrected chi connectivity index (χ3v) is 5.62. The fraction of sp³-hybridized carbons (Fsp3) is 0.364. The standard InChI is InChI=1S/C22H26N2O/c1-22(2,14-23)18-5-6-19-17(11-18)12-24(3)13-20(19)15-4-7-21-16(10-15)8-9-25-21/h4-11,20H,12-14,23H2,1-3H3. The maximum Gasteiger partial charge on any atom is 0.133 e. The van der Waals surface area contributed by atoms with Crippen molar-refractivity contribution in [1.29, 1.82) is 0 Å². The Bertz CT molecular complexity index is 909. The Kier molecular flexibility index (Phi) is 3.94. The predicted octanol–water partition coefficient (Wildman–Crippen LogP) is 4.25. The lowest BCUT2D eigenvalue weighted by Gasteiger charge is -2.34. The van der Waals surface area contributed by atoms with Crippen molar-refractivity contribution >= 4 is 11.0 Å². The Balaban J connectivity index is 1.78. The second kappa shape index (κ2) is 6.01. The Hall–Kier alpha value is -2.10. The van der Waals surface area contributed by atoms with E-state index in [4.69, 9.17) is 10.2 Å². The molecule has 0 spiro atoms. The SMILES string of the molecule is CN1Cc2cc(C(C)(C)CN)ccc2C(c2ccc3occc3c2)C1. The zero-order valence-electron chi connectivity index (χ0n) is 15.3. The zero-order chi connectivity index (χ0) is 17.6. The molecule has 3 heteroatoms. The molecule has 0 bridgehead atoms. The normalized spacial score (nSPS) is 18.5. The van der Waals surface area contributed by atoms with Gasteiger partial charge in [0.05, 0.1) is 6.26 Å². The quantitative estimate of drug-likeness (QED) is 0.779. The number of nitrogens with two attached hydrogens (primary N) is 1. The summed E-state index contributed by atoms with van der Waals surface area (Å²) in [6.07, 6.45) is 1.76. The lowest BCUT2D eigenvalue weighted by Crippen LogP contribution is -2.32. The highest BCUT2D eigenvalue weighted by molar-refractivity contribution is 5.78. The molecule has 1 aromatic heterocycles. The zero-order valence-corrected chi connectivity index (χ0v) is 15.3. The van der Waals surface area contributed by atoms with Gasteiger partial charge in [0.25, 0.3) is 0 Å². The van der Waals surface area contributed by atoms with Gasteiger partial charge < -0.3 is 15.1 Å². The topological polar surface area (TPSA) is 42.4 Å². The Morgan fingerprint density at radius 3 is 2.80 bits per heavy atom. The molecule has 1 aliphatic rings. The molecule has 25 heavy (non-hydrogen) atoms. The smallest absolute Gasteiger partial charge is 0.133 e. The van der Waals surface area contributed by atoms with Crippen LogP contribution < -0.4 is 5.73 Å². The predicted molar refractivity (Wildman–Crippen MR) is 103 cm³/mol. The molecular formula is C22H26N2O. The van der Waals surface area contributed by atoms with Crippen molar-refractivity contribution in [3.05, 3.63) is 71.0 Å². The van der Waals surface area contributed by atoms with Crippen LogP contribution in [0, 0.1) is 0 Å². The van der Waals surface area contributed by atoms with Crippen molar-refractivity contribution in [2.75, 3.05) is 20.1 Å². The molecule has 0 saturated heterocycles. The lowest BCUT2D eigenvalue weighted by molar-refractivity contribution is 0.295. The monoisotopic (exact) mass is 334 g/mol. The molecule has 0 fully saturated rings. The van der Waals surface area contributed by atoms with Crippen molar-refractivity contribution in [2.24, 2.45) is 5.73 Å². The highest BCUT2D eigenvalue weighted by Gasteiger charge is 2.27. The number of fused-ring (bicyclic) bond motifs is 2. The van der Waals surface area contributed by atoms with E-state index in [1.807, 2.05) is 6.07 Å². The minimum absolute atomic E-state index is 0.0102. The van der Waals surface area contributed by atoms with E-state index in [0.717, 1.165) is 18.7 Å². The summed E-state index contributed by atoms with van der Waals surface area (Å²) in [6, 6.07) is 15.5. The molecule has 0 saturated carbocycles. The Morgan fingerprint density at radius 2 is 2.00 bits per heavy atom. The number of benzene rings is 2. The first-order valence-electron chi connectivity index (χ1n) is 8.97. The molecule has 0 radical (unpaired) electrons. The van der Waals surface area contributed by atoms with Gasteiger partial charge in [-0.05, 0) is 47.5 Å². The number of likely N-dealkylation sites (N-methyl/N-ethyl adjacent to an activating group) is 1. The Morgan fingerprint density at radius 1 is 1.16 bits per heavy atom. The van der Waals surface area contributed by atoms with Gasteiger partial charge in [-0.3, -0.25) is 0 Å². The molecule has 4 rings (SSSR count). The molecule has 1 atom stereocenters. The van der Waals surface area contributed by atoms with E-state index >= 15 is 0 Å². The average molecular weight is 334 g/mol. The van der Waals surface area contributed by atoms with Crippen LogP contribution in [0.4, 0.5) is 0 Å². The number of hydrogen-bond acceptors (Lipinski definition) is 3. The minimum atomic E-state index is 0.0102. The summed E-state index contributed by atoms with van der Waals surface area (Å²) < 4.78 is 5.49. The van der Waals surface area contributed by atoms with Crippen LogP contribution in [-0.2, 0) is 12.0 Å². The van der Waals surface area contributed by atoms with E-state index in [1.165, 1.54) is 27.6 Å². The molecule has 130 valence electrons. The van der Waals surface area contributed by atoms with Gasteiger partial charge in [-0.25, -0.2) is 0 Å². The molecule has 3 aromatic rings. The van der Waals surface area contributed by atoms with Crippen LogP contribution in [0.3, 0.4) is 0 Å². The highest BCUT2D eigenvalue weighted by Crippen LogP contribution is 2.36. The average Bonchev–Trinajstić information content (AvgIpc) is 3.08. The molecule has 1 unspecified atom stereocenters. The molecule has 2 aromatic carbocycles. The van der Waals surface area contributed by atoms with Crippen LogP contribution in [-0.4, -0.2) is 25.0 Å². The minimum Gasteiger partial charge on any atom is -0.464 e. The Labute approximate surface area is 149 Å². The maximum atomic E-state index is 5.98. The van der Waals surface area contributed by atoms with Crippen molar-refractivity contribution in [2.45, 2.75) is 31.7 Å². The summed E-state index contributed by atoms with van der Waals surface area (Å²) in [5.74, 6) is 0.392. The first-order chi connectivity index (χ1) is 12.0. The number of furan rings is 1. The second-order valence-corrected chi connectivity index (χ2v) is 7.97. The van der Waals surface area contributed by atoms with E-state index in [0.29, 0.717) is 12.5 Å². The summed E-state index contributed by atoms with van der Waals surface area (Å²) in [4.78, 5) is 2.41. The van der Waals surface area contributed by atoms with Gasteiger partial charge in [0.2, 0.25) is 0 Å². The van der Waals surface area contributed by atoms with Gasteiger partial charge in [-0.15, -0.1) is 0 Å². The second-order valence-electron chi connectivity index (χ2n) is 7.97. The van der Waals surface area contributed by atoms with E-state index in [1.54, 1.807) is 6.26 Å². The van der Waals surface area contributed by atoms with Gasteiger partial charge in [-0.2, -0.15) is 0 Å². The van der Waals surface area contributed by atoms with E-state index in [2.05, 4.69) is 62.2 Å². The van der Waals surface area contributed by atoms with Crippen molar-refractivity contribution < 1.29 is 4.42 Å². The van der Waals surface area contributed by atoms with Gasteiger partial charge in [0, 0.05) is 36.4 Å². The third-order valence-electron chi connectivity index (χ3n) is 5.62. The van der Waals surface area contributed by atoms with Gasteiger partial charge in [0.15, 0.2) is 0 Å². The summed E-state index contributed by atoms with van der Waals surface area (Å²) in [5.41, 5.74) is 12.5. The van der Waals surface area contributed by atoms with E-state index in [9.17, 15) is 0 Å². The van der Waals surface area contributed by atoms with Crippen molar-refractivity contribution in [3.8, 4) is 0 Å². The van der Waals surface area contributed by atoms with Gasteiger partial charge >= 0.3 is 0 Å². The third kappa shape index (κ3) is 2.88. The molecule has 1 aliphatic heterocycles. The molecule has 2 heterocycles. The van der Waals surface area contributed by atoms with Crippen molar-refractivity contribution in [1.82, 2.24) is 4.90 Å². The highest BCUT2D eigenvalue weighted by atomic mass is 16.3. The number of hydrogen-bond donors (Lipinski definition) is 1. The largest absolute Gasteiger partial charge is 0.464 e. The van der Waals surface area contributed by atoms with Crippen molar-refractivity contribution in [3.63, 3.8) is 0 Å². The van der Waals surface area contributed by atoms with Crippen LogP contribution in [0.5, 0.6) is 0 Å². The molecule has 0 amide bonds. The summed E-state index contributed by atoms with van der Waals surface area (Å²) in [5, 5.41) is 1.17. The number of rotatable bonds is 3. The molecule has 3 nitrogen and oxygen atoms in total. The number of nitrogens with zero attached hydrogens (tertiary/aromatic N) is 1. The van der Waals surface area contributed by atoms with Crippen LogP contribution >= 0.6 is 0 Å². The summed E-state index contributed by atoms with van der Waals surface area (Å²) >= 11 is 0. The summed E-state index contributed by atoms with van der Waals surface area (Å²) in [7, 11) is 2.20. The maximum absolute atomic E-state index is 5.98. The van der Waals surface area contributed by atoms with Crippen LogP contribution in [0.15, 0.2) is 53.1 Å². The fourth-order valence-corrected chi connectivity index (χ4v) is 3.87. The first kappa shape index (κ1) is 16.4. The molecule has 2 N–H and O–H groups in total. The van der Waals surface area contributed by atoms with E-state index in [-0.39, 0.29) is 5.41 Å². The van der Waals surface area contributed by atoms with Crippen LogP contribution in [0.2, 0.25) is 0 Å². The molecule has 0 aliphatic carbocycles. The van der Waals surface area contributed by atoms with Gasteiger partial charge in [-0.1, -0.05) is 38.1 Å². The summed E-state index contributed by atoms with van der Waals surface area (Å²) in [6.45, 7) is 7.11. The first-order valence-corrected chi connectivity index (χ1v) is 8.97. The van der Waals surface area contributed by atoms with Crippen LogP contribution in [0.25, 0.3) is 11.0 Å². The van der Waals surface area contributed by atoms with Gasteiger partial charge in [0.1, 0.15) is 5.58 Å². The lowest BCUT2D eigenvalue weighted by atomic mass is 9.79. The van der Waals surface area contributed by atoms with Crippen LogP contribution in [0.1, 0.15) is 42.0 Å². The fourth-order valence-electron chi connectivity index (χ4n) is 3.87.